The van der Waals surface area contributed by atoms with Crippen molar-refractivity contribution in [3.05, 3.63) is 67.1 Å². The van der Waals surface area contributed by atoms with E-state index in [1.807, 2.05) is 53.1 Å². The van der Waals surface area contributed by atoms with E-state index in [1.165, 1.54) is 0 Å². The number of nitrogens with zero attached hydrogens (tertiary/aromatic N) is 4. The normalized spacial score (nSPS) is 11.0. The van der Waals surface area contributed by atoms with Gasteiger partial charge < -0.3 is 5.73 Å². The molecule has 23 heavy (non-hydrogen) atoms. The Morgan fingerprint density at radius 2 is 1.83 bits per heavy atom. The lowest BCUT2D eigenvalue weighted by Crippen LogP contribution is -1.98. The smallest absolute Gasteiger partial charge is 0.179 e. The van der Waals surface area contributed by atoms with E-state index in [1.54, 1.807) is 30.4 Å². The second-order valence-electron chi connectivity index (χ2n) is 4.96. The first-order valence-corrected chi connectivity index (χ1v) is 7.90. The molecule has 4 aromatic rings. The molecule has 0 aliphatic rings. The number of nitrogens with two attached hydrogens (primary N) is 1. The van der Waals surface area contributed by atoms with Crippen molar-refractivity contribution in [3.63, 3.8) is 0 Å². The molecule has 4 rings (SSSR count). The lowest BCUT2D eigenvalue weighted by Gasteiger charge is -2.09. The molecular weight excluding hydrogens is 306 g/mol. The van der Waals surface area contributed by atoms with Gasteiger partial charge in [-0.15, -0.1) is 0 Å². The number of nitrogen functional groups attached to an aromatic ring is 1. The average molecular weight is 319 g/mol. The van der Waals surface area contributed by atoms with Crippen LogP contribution in [0.15, 0.2) is 77.2 Å². The number of benzene rings is 1. The fourth-order valence-electron chi connectivity index (χ4n) is 2.37. The molecule has 0 aliphatic heterocycles. The Labute approximate surface area is 137 Å². The van der Waals surface area contributed by atoms with Crippen molar-refractivity contribution >= 4 is 28.6 Å². The SMILES string of the molecule is Nc1cccc(-n2c(Sc3ccncc3)nc3cccnc32)c1. The standard InChI is InChI=1S/C17H13N5S/c18-12-3-1-4-13(11-12)22-16-15(5-2-8-20-16)21-17(22)23-14-6-9-19-10-7-14/h1-11H,18H2. The number of hydrogen-bond acceptors (Lipinski definition) is 5. The molecule has 2 N–H and O–H groups in total. The maximum absolute atomic E-state index is 5.94. The van der Waals surface area contributed by atoms with E-state index in [0.717, 1.165) is 26.9 Å². The summed E-state index contributed by atoms with van der Waals surface area (Å²) >= 11 is 1.57. The Morgan fingerprint density at radius 3 is 2.65 bits per heavy atom. The summed E-state index contributed by atoms with van der Waals surface area (Å²) < 4.78 is 2.02. The van der Waals surface area contributed by atoms with Gasteiger partial charge in [0.25, 0.3) is 0 Å². The minimum Gasteiger partial charge on any atom is -0.399 e. The van der Waals surface area contributed by atoms with Crippen LogP contribution in [-0.2, 0) is 0 Å². The summed E-state index contributed by atoms with van der Waals surface area (Å²) in [7, 11) is 0. The summed E-state index contributed by atoms with van der Waals surface area (Å²) in [5.41, 5.74) is 9.27. The molecule has 5 nitrogen and oxygen atoms in total. The first kappa shape index (κ1) is 13.8. The third-order valence-electron chi connectivity index (χ3n) is 3.37. The van der Waals surface area contributed by atoms with Gasteiger partial charge in [-0.1, -0.05) is 17.8 Å². The largest absolute Gasteiger partial charge is 0.399 e. The molecule has 112 valence electrons. The molecule has 3 heterocycles. The van der Waals surface area contributed by atoms with Crippen LogP contribution in [0.2, 0.25) is 0 Å². The lowest BCUT2D eigenvalue weighted by atomic mass is 10.3. The summed E-state index contributed by atoms with van der Waals surface area (Å²) in [5.74, 6) is 0. The van der Waals surface area contributed by atoms with E-state index in [4.69, 9.17) is 10.7 Å². The van der Waals surface area contributed by atoms with Crippen LogP contribution in [0.5, 0.6) is 0 Å². The summed E-state index contributed by atoms with van der Waals surface area (Å²) in [6.45, 7) is 0. The second kappa shape index (κ2) is 5.73. The molecule has 0 amide bonds. The first-order valence-electron chi connectivity index (χ1n) is 7.08. The Morgan fingerprint density at radius 1 is 0.957 bits per heavy atom. The van der Waals surface area contributed by atoms with Crippen LogP contribution >= 0.6 is 11.8 Å². The molecule has 0 atom stereocenters. The van der Waals surface area contributed by atoms with Gasteiger partial charge in [-0.25, -0.2) is 9.97 Å². The Kier molecular flexibility index (Phi) is 3.44. The number of fused-ring (bicyclic) bond motifs is 1. The number of pyridine rings is 2. The predicted octanol–water partition coefficient (Wildman–Crippen LogP) is 3.55. The van der Waals surface area contributed by atoms with E-state index in [9.17, 15) is 0 Å². The summed E-state index contributed by atoms with van der Waals surface area (Å²) in [5, 5.41) is 0.843. The molecule has 0 radical (unpaired) electrons. The van der Waals surface area contributed by atoms with Crippen LogP contribution in [-0.4, -0.2) is 19.5 Å². The van der Waals surface area contributed by atoms with E-state index in [0.29, 0.717) is 5.69 Å². The van der Waals surface area contributed by atoms with Gasteiger partial charge in [-0.2, -0.15) is 0 Å². The van der Waals surface area contributed by atoms with Gasteiger partial charge in [-0.3, -0.25) is 9.55 Å². The minimum absolute atomic E-state index is 0.708. The van der Waals surface area contributed by atoms with Gasteiger partial charge in [0.2, 0.25) is 0 Å². The zero-order chi connectivity index (χ0) is 15.6. The van der Waals surface area contributed by atoms with Crippen molar-refractivity contribution < 1.29 is 0 Å². The number of imidazole rings is 1. The predicted molar refractivity (Wildman–Crippen MR) is 91.6 cm³/mol. The molecule has 0 saturated heterocycles. The molecule has 0 aliphatic carbocycles. The van der Waals surface area contributed by atoms with Crippen LogP contribution in [0.1, 0.15) is 0 Å². The maximum atomic E-state index is 5.94. The molecule has 0 unspecified atom stereocenters. The van der Waals surface area contributed by atoms with Crippen molar-refractivity contribution in [3.8, 4) is 5.69 Å². The molecule has 3 aromatic heterocycles. The van der Waals surface area contributed by atoms with Gasteiger partial charge in [-0.05, 0) is 42.5 Å². The quantitative estimate of drug-likeness (QED) is 0.585. The van der Waals surface area contributed by atoms with Crippen LogP contribution in [0.4, 0.5) is 5.69 Å². The highest BCUT2D eigenvalue weighted by Crippen LogP contribution is 2.31. The highest BCUT2D eigenvalue weighted by molar-refractivity contribution is 7.99. The van der Waals surface area contributed by atoms with Crippen LogP contribution in [0.3, 0.4) is 0 Å². The molecule has 0 fully saturated rings. The number of anilines is 1. The zero-order valence-electron chi connectivity index (χ0n) is 12.1. The fraction of sp³-hybridized carbons (Fsp3) is 0. The van der Waals surface area contributed by atoms with Gasteiger partial charge >= 0.3 is 0 Å². The molecular formula is C17H13N5S. The van der Waals surface area contributed by atoms with Crippen LogP contribution in [0, 0.1) is 0 Å². The summed E-state index contributed by atoms with van der Waals surface area (Å²) in [6.07, 6.45) is 5.32. The Bertz CT molecular complexity index is 965. The van der Waals surface area contributed by atoms with Crippen LogP contribution in [0.25, 0.3) is 16.9 Å². The van der Waals surface area contributed by atoms with Gasteiger partial charge in [0.1, 0.15) is 5.52 Å². The fourth-order valence-corrected chi connectivity index (χ4v) is 3.26. The van der Waals surface area contributed by atoms with Crippen molar-refractivity contribution in [2.45, 2.75) is 10.1 Å². The number of rotatable bonds is 3. The average Bonchev–Trinajstić information content (AvgIpc) is 2.93. The van der Waals surface area contributed by atoms with Gasteiger partial charge in [0, 0.05) is 29.2 Å². The number of aromatic nitrogens is 4. The van der Waals surface area contributed by atoms with E-state index in [-0.39, 0.29) is 0 Å². The Balaban J connectivity index is 1.91. The highest BCUT2D eigenvalue weighted by Gasteiger charge is 2.14. The zero-order valence-corrected chi connectivity index (χ0v) is 12.9. The van der Waals surface area contributed by atoms with Gasteiger partial charge in [0.05, 0.1) is 5.69 Å². The summed E-state index contributed by atoms with van der Waals surface area (Å²) in [6, 6.07) is 15.5. The van der Waals surface area contributed by atoms with E-state index >= 15 is 0 Å². The van der Waals surface area contributed by atoms with Crippen molar-refractivity contribution in [2.75, 3.05) is 5.73 Å². The van der Waals surface area contributed by atoms with Crippen molar-refractivity contribution in [1.29, 1.82) is 0 Å². The molecule has 0 spiro atoms. The first-order chi connectivity index (χ1) is 11.3. The third-order valence-corrected chi connectivity index (χ3v) is 4.34. The van der Waals surface area contributed by atoms with E-state index in [2.05, 4.69) is 9.97 Å². The highest BCUT2D eigenvalue weighted by atomic mass is 32.2. The van der Waals surface area contributed by atoms with Crippen LogP contribution < -0.4 is 5.73 Å². The summed E-state index contributed by atoms with van der Waals surface area (Å²) in [4.78, 5) is 14.3. The maximum Gasteiger partial charge on any atom is 0.179 e. The van der Waals surface area contributed by atoms with Gasteiger partial charge in [0.15, 0.2) is 10.8 Å². The topological polar surface area (TPSA) is 69.6 Å². The lowest BCUT2D eigenvalue weighted by molar-refractivity contribution is 0.909. The third kappa shape index (κ3) is 2.64. The monoisotopic (exact) mass is 319 g/mol. The van der Waals surface area contributed by atoms with E-state index < -0.39 is 0 Å². The molecule has 6 heteroatoms. The molecule has 0 bridgehead atoms. The van der Waals surface area contributed by atoms with Crippen molar-refractivity contribution in [2.24, 2.45) is 0 Å². The molecule has 1 aromatic carbocycles. The Hall–Kier alpha value is -2.86. The molecule has 0 saturated carbocycles. The van der Waals surface area contributed by atoms with Crippen molar-refractivity contribution in [1.82, 2.24) is 19.5 Å². The number of hydrogen-bond donors (Lipinski definition) is 1. The second-order valence-corrected chi connectivity index (χ2v) is 6.00. The minimum atomic E-state index is 0.708.